The van der Waals surface area contributed by atoms with Gasteiger partial charge in [-0.1, -0.05) is 73.7 Å². The summed E-state index contributed by atoms with van der Waals surface area (Å²) in [5.41, 5.74) is 2.87. The maximum atomic E-state index is 15.8. The number of ether oxygens (including phenoxy) is 4. The maximum absolute atomic E-state index is 15.8. The Morgan fingerprint density at radius 3 is 2.18 bits per heavy atom. The second-order valence-corrected chi connectivity index (χ2v) is 13.0. The second kappa shape index (κ2) is 13.8. The van der Waals surface area contributed by atoms with Gasteiger partial charge in [-0.25, -0.2) is 4.39 Å². The molecule has 2 atom stereocenters. The van der Waals surface area contributed by atoms with Crippen LogP contribution in [0.4, 0.5) is 18.9 Å². The van der Waals surface area contributed by atoms with Gasteiger partial charge in [0.05, 0.1) is 55.7 Å². The number of halogens is 3. The number of benzene rings is 4. The number of nitrogens with zero attached hydrogens (tertiary/aromatic N) is 1. The van der Waals surface area contributed by atoms with Crippen LogP contribution >= 0.6 is 0 Å². The third-order valence-corrected chi connectivity index (χ3v) is 9.21. The van der Waals surface area contributed by atoms with Gasteiger partial charge in [0.25, 0.3) is 0 Å². The normalized spacial score (nSPS) is 16.7. The van der Waals surface area contributed by atoms with Gasteiger partial charge in [0.15, 0.2) is 11.5 Å². The van der Waals surface area contributed by atoms with Crippen molar-refractivity contribution in [3.05, 3.63) is 125 Å². The summed E-state index contributed by atoms with van der Waals surface area (Å²) in [5.74, 6) is -1.49. The minimum absolute atomic E-state index is 0.00975. The van der Waals surface area contributed by atoms with Gasteiger partial charge < -0.3 is 33.9 Å². The SMILES string of the molecule is CC(COCc1ccccc1)c1cc2cc(NC(=O)C3(c4ccc5c(c4)OC(F)(F)O5)CC3)c(F)cc2n1CC(O)COCc1ccccc1. The second-order valence-electron chi connectivity index (χ2n) is 13.0. The molecule has 1 amide bonds. The zero-order valence-electron chi connectivity index (χ0n) is 27.4. The average molecular weight is 687 g/mol. The van der Waals surface area contributed by atoms with E-state index in [0.717, 1.165) is 16.8 Å². The first-order valence-electron chi connectivity index (χ1n) is 16.6. The molecule has 8 nitrogen and oxygen atoms in total. The number of hydrogen-bond donors (Lipinski definition) is 2. The fraction of sp³-hybridized carbons (Fsp3) is 0.308. The van der Waals surface area contributed by atoms with Crippen LogP contribution in [-0.2, 0) is 39.4 Å². The van der Waals surface area contributed by atoms with Gasteiger partial charge in [-0.2, -0.15) is 0 Å². The molecule has 260 valence electrons. The molecule has 1 aliphatic heterocycles. The van der Waals surface area contributed by atoms with Gasteiger partial charge in [0.2, 0.25) is 5.91 Å². The molecule has 5 aromatic rings. The lowest BCUT2D eigenvalue weighted by molar-refractivity contribution is -0.286. The minimum atomic E-state index is -3.77. The van der Waals surface area contributed by atoms with Crippen LogP contribution in [0.15, 0.2) is 97.1 Å². The Morgan fingerprint density at radius 2 is 1.52 bits per heavy atom. The summed E-state index contributed by atoms with van der Waals surface area (Å²) in [5, 5.41) is 14.4. The third-order valence-electron chi connectivity index (χ3n) is 9.21. The lowest BCUT2D eigenvalue weighted by Crippen LogP contribution is -2.28. The van der Waals surface area contributed by atoms with Crippen LogP contribution in [0.25, 0.3) is 10.9 Å². The van der Waals surface area contributed by atoms with Crippen molar-refractivity contribution in [2.45, 2.75) is 63.3 Å². The maximum Gasteiger partial charge on any atom is 0.586 e. The third kappa shape index (κ3) is 7.21. The summed E-state index contributed by atoms with van der Waals surface area (Å²) in [6, 6.07) is 28.6. The molecular weight excluding hydrogens is 649 g/mol. The molecular formula is C39H37F3N2O6. The standard InChI is InChI=1S/C39H37F3N2O6/c1-25(21-47-22-26-8-4-2-5-9-26)33-17-28-16-32(31(40)19-34(28)44(33)20-30(45)24-48-23-27-10-6-3-7-11-27)43-37(46)38(14-15-38)29-12-13-35-36(18-29)50-39(41,42)49-35/h2-13,16-19,25,30,45H,14-15,20-24H2,1H3,(H,43,46). The molecule has 0 spiro atoms. The van der Waals surface area contributed by atoms with E-state index < -0.39 is 29.5 Å². The summed E-state index contributed by atoms with van der Waals surface area (Å²) in [6.45, 7) is 3.38. The van der Waals surface area contributed by atoms with Crippen LogP contribution in [-0.4, -0.2) is 41.2 Å². The zero-order chi connectivity index (χ0) is 34.9. The lowest BCUT2D eigenvalue weighted by Gasteiger charge is -2.20. The van der Waals surface area contributed by atoms with E-state index in [0.29, 0.717) is 49.1 Å². The van der Waals surface area contributed by atoms with Crippen LogP contribution in [0.1, 0.15) is 48.1 Å². The summed E-state index contributed by atoms with van der Waals surface area (Å²) in [7, 11) is 0. The van der Waals surface area contributed by atoms with Gasteiger partial charge in [-0.05, 0) is 53.8 Å². The summed E-state index contributed by atoms with van der Waals surface area (Å²) in [6.07, 6.45) is -3.73. The number of amides is 1. The van der Waals surface area contributed by atoms with E-state index in [9.17, 15) is 18.7 Å². The topological polar surface area (TPSA) is 91.2 Å². The van der Waals surface area contributed by atoms with E-state index in [1.165, 1.54) is 18.2 Å². The van der Waals surface area contributed by atoms with Gasteiger partial charge in [-0.3, -0.25) is 4.79 Å². The van der Waals surface area contributed by atoms with Crippen LogP contribution in [0.3, 0.4) is 0 Å². The molecule has 2 aliphatic rings. The van der Waals surface area contributed by atoms with E-state index in [1.54, 1.807) is 12.1 Å². The van der Waals surface area contributed by atoms with E-state index in [4.69, 9.17) is 9.47 Å². The predicted molar refractivity (Wildman–Crippen MR) is 181 cm³/mol. The van der Waals surface area contributed by atoms with Gasteiger partial charge >= 0.3 is 6.29 Å². The number of fused-ring (bicyclic) bond motifs is 2. The van der Waals surface area contributed by atoms with Gasteiger partial charge in [0.1, 0.15) is 5.82 Å². The fourth-order valence-electron chi connectivity index (χ4n) is 6.44. The van der Waals surface area contributed by atoms with Crippen LogP contribution in [0.2, 0.25) is 0 Å². The van der Waals surface area contributed by atoms with E-state index >= 15 is 4.39 Å². The molecule has 1 saturated carbocycles. The zero-order valence-corrected chi connectivity index (χ0v) is 27.4. The Balaban J connectivity index is 1.11. The number of aromatic nitrogens is 1. The summed E-state index contributed by atoms with van der Waals surface area (Å²) >= 11 is 0. The lowest BCUT2D eigenvalue weighted by atomic mass is 9.94. The molecule has 11 heteroatoms. The first-order valence-corrected chi connectivity index (χ1v) is 16.6. The average Bonchev–Trinajstić information content (AvgIpc) is 3.76. The van der Waals surface area contributed by atoms with Crippen LogP contribution in [0.5, 0.6) is 11.5 Å². The quantitative estimate of drug-likeness (QED) is 0.125. The Labute approximate surface area is 287 Å². The van der Waals surface area contributed by atoms with Crippen LogP contribution < -0.4 is 14.8 Å². The minimum Gasteiger partial charge on any atom is -0.395 e. The number of anilines is 1. The van der Waals surface area contributed by atoms with E-state index in [-0.39, 0.29) is 36.3 Å². The Morgan fingerprint density at radius 1 is 0.880 bits per heavy atom. The van der Waals surface area contributed by atoms with Crippen molar-refractivity contribution in [3.8, 4) is 11.5 Å². The van der Waals surface area contributed by atoms with Crippen molar-refractivity contribution in [1.82, 2.24) is 4.57 Å². The Hall–Kier alpha value is -4.84. The predicted octanol–water partition coefficient (Wildman–Crippen LogP) is 7.67. The van der Waals surface area contributed by atoms with Gasteiger partial charge in [0, 0.05) is 23.1 Å². The highest BCUT2D eigenvalue weighted by Crippen LogP contribution is 2.52. The van der Waals surface area contributed by atoms with Crippen molar-refractivity contribution in [1.29, 1.82) is 0 Å². The van der Waals surface area contributed by atoms with Crippen molar-refractivity contribution in [3.63, 3.8) is 0 Å². The number of aliphatic hydroxyl groups is 1. The molecule has 0 bridgehead atoms. The number of hydrogen-bond acceptors (Lipinski definition) is 6. The highest BCUT2D eigenvalue weighted by Gasteiger charge is 2.53. The van der Waals surface area contributed by atoms with Gasteiger partial charge in [-0.15, -0.1) is 8.78 Å². The number of carbonyl (C=O) groups excluding carboxylic acids is 1. The fourth-order valence-corrected chi connectivity index (χ4v) is 6.44. The molecule has 1 fully saturated rings. The molecule has 1 aliphatic carbocycles. The molecule has 2 N–H and O–H groups in total. The van der Waals surface area contributed by atoms with Crippen molar-refractivity contribution < 1.29 is 42.0 Å². The molecule has 7 rings (SSSR count). The Bertz CT molecular complexity index is 1980. The molecule has 1 aromatic heterocycles. The molecule has 0 radical (unpaired) electrons. The first kappa shape index (κ1) is 33.6. The first-order chi connectivity index (χ1) is 24.1. The smallest absolute Gasteiger partial charge is 0.395 e. The van der Waals surface area contributed by atoms with Crippen molar-refractivity contribution >= 4 is 22.5 Å². The molecule has 2 heterocycles. The molecule has 2 unspecified atom stereocenters. The molecule has 50 heavy (non-hydrogen) atoms. The number of rotatable bonds is 14. The summed E-state index contributed by atoms with van der Waals surface area (Å²) < 4.78 is 65.8. The van der Waals surface area contributed by atoms with Crippen molar-refractivity contribution in [2.24, 2.45) is 0 Å². The van der Waals surface area contributed by atoms with E-state index in [2.05, 4.69) is 14.8 Å². The highest BCUT2D eigenvalue weighted by atomic mass is 19.3. The molecule has 0 saturated heterocycles. The largest absolute Gasteiger partial charge is 0.586 e. The number of carbonyl (C=O) groups is 1. The monoisotopic (exact) mass is 686 g/mol. The van der Waals surface area contributed by atoms with Crippen molar-refractivity contribution in [2.75, 3.05) is 18.5 Å². The number of aliphatic hydroxyl groups excluding tert-OH is 1. The summed E-state index contributed by atoms with van der Waals surface area (Å²) in [4.78, 5) is 13.6. The number of alkyl halides is 2. The Kier molecular flexibility index (Phi) is 9.30. The highest BCUT2D eigenvalue weighted by molar-refractivity contribution is 6.03. The molecule has 4 aromatic carbocycles. The number of nitrogens with one attached hydrogen (secondary N) is 1. The van der Waals surface area contributed by atoms with Crippen LogP contribution in [0, 0.1) is 5.82 Å². The van der Waals surface area contributed by atoms with E-state index in [1.807, 2.05) is 78.2 Å².